The second kappa shape index (κ2) is 6.29. The maximum Gasteiger partial charge on any atom is 0.182 e. The highest BCUT2D eigenvalue weighted by Gasteiger charge is 2.09. The van der Waals surface area contributed by atoms with Crippen LogP contribution in [-0.2, 0) is 11.3 Å². The summed E-state index contributed by atoms with van der Waals surface area (Å²) in [6, 6.07) is 5.84. The zero-order chi connectivity index (χ0) is 13.7. The zero-order valence-corrected chi connectivity index (χ0v) is 11.3. The van der Waals surface area contributed by atoms with Crippen LogP contribution < -0.4 is 5.73 Å². The molecule has 6 nitrogen and oxygen atoms in total. The average Bonchev–Trinajstić information content (AvgIpc) is 2.82. The molecule has 2 N–H and O–H groups in total. The number of aryl methyl sites for hydroxylation is 2. The van der Waals surface area contributed by atoms with Gasteiger partial charge in [-0.25, -0.2) is 4.68 Å². The first-order chi connectivity index (χ1) is 9.20. The molecule has 0 aliphatic rings. The van der Waals surface area contributed by atoms with Crippen molar-refractivity contribution in [1.82, 2.24) is 20.2 Å². The number of rotatable bonds is 6. The van der Waals surface area contributed by atoms with Crippen molar-refractivity contribution in [2.45, 2.75) is 26.8 Å². The topological polar surface area (TPSA) is 78.8 Å². The fourth-order valence-corrected chi connectivity index (χ4v) is 1.96. The maximum absolute atomic E-state index is 5.86. The lowest BCUT2D eigenvalue weighted by Gasteiger charge is -2.06. The van der Waals surface area contributed by atoms with E-state index in [1.54, 1.807) is 4.68 Å². The smallest absolute Gasteiger partial charge is 0.182 e. The summed E-state index contributed by atoms with van der Waals surface area (Å²) in [4.78, 5) is 0. The third-order valence-corrected chi connectivity index (χ3v) is 2.75. The Bertz CT molecular complexity index is 517. The summed E-state index contributed by atoms with van der Waals surface area (Å²) in [5.41, 5.74) is 8.62. The van der Waals surface area contributed by atoms with Crippen molar-refractivity contribution >= 4 is 5.69 Å². The van der Waals surface area contributed by atoms with Crippen molar-refractivity contribution in [2.75, 3.05) is 18.9 Å². The molecule has 0 bridgehead atoms. The molecule has 0 aliphatic heterocycles. The molecule has 6 heteroatoms. The number of tetrazole rings is 1. The van der Waals surface area contributed by atoms with Crippen LogP contribution in [0.1, 0.15) is 18.9 Å². The van der Waals surface area contributed by atoms with Gasteiger partial charge < -0.3 is 10.5 Å². The first-order valence-corrected chi connectivity index (χ1v) is 6.42. The van der Waals surface area contributed by atoms with Crippen molar-refractivity contribution in [3.8, 4) is 11.4 Å². The van der Waals surface area contributed by atoms with Crippen LogP contribution in [0, 0.1) is 6.92 Å². The van der Waals surface area contributed by atoms with E-state index in [4.69, 9.17) is 10.5 Å². The number of ether oxygens (including phenoxy) is 1. The van der Waals surface area contributed by atoms with Gasteiger partial charge in [0.1, 0.15) is 0 Å². The molecule has 2 aromatic rings. The summed E-state index contributed by atoms with van der Waals surface area (Å²) >= 11 is 0. The minimum Gasteiger partial charge on any atom is -0.399 e. The number of hydrogen-bond acceptors (Lipinski definition) is 5. The Labute approximate surface area is 112 Å². The quantitative estimate of drug-likeness (QED) is 0.632. The molecule has 19 heavy (non-hydrogen) atoms. The molecule has 0 amide bonds. The molecule has 0 spiro atoms. The Hall–Kier alpha value is -1.95. The lowest BCUT2D eigenvalue weighted by Crippen LogP contribution is -2.06. The second-order valence-electron chi connectivity index (χ2n) is 4.41. The summed E-state index contributed by atoms with van der Waals surface area (Å²) in [7, 11) is 0. The van der Waals surface area contributed by atoms with Gasteiger partial charge in [-0.1, -0.05) is 0 Å². The molecule has 0 saturated carbocycles. The number of nitrogens with two attached hydrogens (primary N) is 1. The minimum absolute atomic E-state index is 0.714. The highest BCUT2D eigenvalue weighted by molar-refractivity contribution is 5.62. The Kier molecular flexibility index (Phi) is 4.46. The molecule has 2 rings (SSSR count). The molecular weight excluding hydrogens is 242 g/mol. The molecule has 1 aromatic heterocycles. The molecule has 0 saturated heterocycles. The van der Waals surface area contributed by atoms with E-state index in [1.807, 2.05) is 32.0 Å². The Balaban J connectivity index is 2.14. The molecule has 0 aliphatic carbocycles. The SMILES string of the molecule is CCOCCCn1nnnc1-c1cc(C)cc(N)c1. The van der Waals surface area contributed by atoms with Gasteiger partial charge >= 0.3 is 0 Å². The Morgan fingerprint density at radius 2 is 2.16 bits per heavy atom. The number of nitrogens with zero attached hydrogens (tertiary/aromatic N) is 4. The van der Waals surface area contributed by atoms with E-state index in [2.05, 4.69) is 15.5 Å². The summed E-state index contributed by atoms with van der Waals surface area (Å²) in [5.74, 6) is 0.742. The van der Waals surface area contributed by atoms with E-state index in [0.29, 0.717) is 6.61 Å². The third kappa shape index (κ3) is 3.51. The van der Waals surface area contributed by atoms with Gasteiger partial charge in [-0.2, -0.15) is 0 Å². The van der Waals surface area contributed by atoms with Crippen molar-refractivity contribution in [3.63, 3.8) is 0 Å². The normalized spacial score (nSPS) is 10.8. The summed E-state index contributed by atoms with van der Waals surface area (Å²) in [6.07, 6.45) is 0.882. The summed E-state index contributed by atoms with van der Waals surface area (Å²) < 4.78 is 7.10. The van der Waals surface area contributed by atoms with Crippen molar-refractivity contribution in [1.29, 1.82) is 0 Å². The zero-order valence-electron chi connectivity index (χ0n) is 11.3. The van der Waals surface area contributed by atoms with E-state index in [-0.39, 0.29) is 0 Å². The van der Waals surface area contributed by atoms with Crippen LogP contribution in [0.5, 0.6) is 0 Å². The average molecular weight is 261 g/mol. The first-order valence-electron chi connectivity index (χ1n) is 6.42. The fraction of sp³-hybridized carbons (Fsp3) is 0.462. The van der Waals surface area contributed by atoms with Gasteiger partial charge in [0.05, 0.1) is 0 Å². The second-order valence-corrected chi connectivity index (χ2v) is 4.41. The molecule has 0 atom stereocenters. The van der Waals surface area contributed by atoms with Gasteiger partial charge in [-0.3, -0.25) is 0 Å². The summed E-state index contributed by atoms with van der Waals surface area (Å²) in [5, 5.41) is 11.8. The number of nitrogen functional groups attached to an aromatic ring is 1. The van der Waals surface area contributed by atoms with Gasteiger partial charge in [-0.15, -0.1) is 5.10 Å². The van der Waals surface area contributed by atoms with Crippen molar-refractivity contribution in [3.05, 3.63) is 23.8 Å². The largest absolute Gasteiger partial charge is 0.399 e. The molecule has 0 radical (unpaired) electrons. The van der Waals surface area contributed by atoms with Gasteiger partial charge in [0.2, 0.25) is 0 Å². The predicted octanol–water partition coefficient (Wildman–Crippen LogP) is 1.66. The van der Waals surface area contributed by atoms with Crippen LogP contribution >= 0.6 is 0 Å². The number of hydrogen-bond donors (Lipinski definition) is 1. The standard InChI is InChI=1S/C13H19N5O/c1-3-19-6-4-5-18-13(15-16-17-18)11-7-10(2)8-12(14)9-11/h7-9H,3-6,14H2,1-2H3. The van der Waals surface area contributed by atoms with Crippen LogP contribution in [0.3, 0.4) is 0 Å². The molecule has 1 aromatic carbocycles. The summed E-state index contributed by atoms with van der Waals surface area (Å²) in [6.45, 7) is 6.17. The lowest BCUT2D eigenvalue weighted by atomic mass is 10.1. The molecule has 1 heterocycles. The monoisotopic (exact) mass is 261 g/mol. The van der Waals surface area contributed by atoms with E-state index < -0.39 is 0 Å². The van der Waals surface area contributed by atoms with E-state index in [0.717, 1.165) is 42.2 Å². The van der Waals surface area contributed by atoms with Crippen LogP contribution in [0.25, 0.3) is 11.4 Å². The lowest BCUT2D eigenvalue weighted by molar-refractivity contribution is 0.140. The Morgan fingerprint density at radius 3 is 2.89 bits per heavy atom. The third-order valence-electron chi connectivity index (χ3n) is 2.75. The minimum atomic E-state index is 0.714. The molecule has 0 unspecified atom stereocenters. The number of benzene rings is 1. The van der Waals surface area contributed by atoms with Gasteiger partial charge in [-0.05, 0) is 54.5 Å². The maximum atomic E-state index is 5.86. The first kappa shape index (κ1) is 13.5. The van der Waals surface area contributed by atoms with E-state index >= 15 is 0 Å². The highest BCUT2D eigenvalue weighted by atomic mass is 16.5. The van der Waals surface area contributed by atoms with E-state index in [9.17, 15) is 0 Å². The van der Waals surface area contributed by atoms with Crippen molar-refractivity contribution < 1.29 is 4.74 Å². The van der Waals surface area contributed by atoms with Crippen LogP contribution in [0.15, 0.2) is 18.2 Å². The Morgan fingerprint density at radius 1 is 1.32 bits per heavy atom. The van der Waals surface area contributed by atoms with Gasteiger partial charge in [0.25, 0.3) is 0 Å². The fourth-order valence-electron chi connectivity index (χ4n) is 1.96. The van der Waals surface area contributed by atoms with Crippen LogP contribution in [-0.4, -0.2) is 33.4 Å². The molecular formula is C13H19N5O. The number of anilines is 1. The van der Waals surface area contributed by atoms with Gasteiger partial charge in [0, 0.05) is 31.0 Å². The highest BCUT2D eigenvalue weighted by Crippen LogP contribution is 2.20. The van der Waals surface area contributed by atoms with Crippen LogP contribution in [0.4, 0.5) is 5.69 Å². The molecule has 0 fully saturated rings. The van der Waals surface area contributed by atoms with E-state index in [1.165, 1.54) is 0 Å². The van der Waals surface area contributed by atoms with Gasteiger partial charge in [0.15, 0.2) is 5.82 Å². The van der Waals surface area contributed by atoms with Crippen LogP contribution in [0.2, 0.25) is 0 Å². The molecule has 102 valence electrons. The number of aromatic nitrogens is 4. The van der Waals surface area contributed by atoms with Crippen molar-refractivity contribution in [2.24, 2.45) is 0 Å². The predicted molar refractivity (Wildman–Crippen MR) is 73.5 cm³/mol.